The molecule has 3 heteroatoms. The SMILES string of the molecule is C[C@H](NCC(=O)N1CCCCC1)C1CCCCCC1. The van der Waals surface area contributed by atoms with Crippen LogP contribution in [0.2, 0.25) is 0 Å². The molecule has 0 unspecified atom stereocenters. The van der Waals surface area contributed by atoms with E-state index < -0.39 is 0 Å². The smallest absolute Gasteiger partial charge is 0.236 e. The predicted octanol–water partition coefficient (Wildman–Crippen LogP) is 2.95. The van der Waals surface area contributed by atoms with Crippen molar-refractivity contribution in [1.29, 1.82) is 0 Å². The molecule has 1 aliphatic carbocycles. The summed E-state index contributed by atoms with van der Waals surface area (Å²) in [7, 11) is 0. The molecule has 0 bridgehead atoms. The molecule has 1 atom stereocenters. The average molecular weight is 266 g/mol. The van der Waals surface area contributed by atoms with Gasteiger partial charge in [0, 0.05) is 19.1 Å². The van der Waals surface area contributed by atoms with E-state index in [1.165, 1.54) is 57.8 Å². The first-order valence-electron chi connectivity index (χ1n) is 8.28. The number of hydrogen-bond donors (Lipinski definition) is 1. The molecule has 19 heavy (non-hydrogen) atoms. The molecule has 2 fully saturated rings. The molecule has 3 nitrogen and oxygen atoms in total. The number of hydrogen-bond acceptors (Lipinski definition) is 2. The van der Waals surface area contributed by atoms with E-state index in [1.54, 1.807) is 0 Å². The zero-order valence-corrected chi connectivity index (χ0v) is 12.5. The second-order valence-electron chi connectivity index (χ2n) is 6.36. The quantitative estimate of drug-likeness (QED) is 0.794. The van der Waals surface area contributed by atoms with Crippen LogP contribution in [0.15, 0.2) is 0 Å². The lowest BCUT2D eigenvalue weighted by Gasteiger charge is -2.29. The van der Waals surface area contributed by atoms with Gasteiger partial charge in [0.2, 0.25) is 5.91 Å². The van der Waals surface area contributed by atoms with Crippen molar-refractivity contribution in [2.75, 3.05) is 19.6 Å². The van der Waals surface area contributed by atoms with Gasteiger partial charge in [0.25, 0.3) is 0 Å². The van der Waals surface area contributed by atoms with Crippen LogP contribution in [-0.4, -0.2) is 36.5 Å². The van der Waals surface area contributed by atoms with Crippen molar-refractivity contribution in [1.82, 2.24) is 10.2 Å². The van der Waals surface area contributed by atoms with Crippen molar-refractivity contribution in [3.63, 3.8) is 0 Å². The zero-order valence-electron chi connectivity index (χ0n) is 12.5. The minimum absolute atomic E-state index is 0.306. The van der Waals surface area contributed by atoms with E-state index in [4.69, 9.17) is 0 Å². The molecular formula is C16H30N2O. The Bertz CT molecular complexity index is 266. The van der Waals surface area contributed by atoms with Crippen molar-refractivity contribution >= 4 is 5.91 Å². The van der Waals surface area contributed by atoms with E-state index >= 15 is 0 Å². The van der Waals surface area contributed by atoms with Gasteiger partial charge in [-0.15, -0.1) is 0 Å². The molecule has 0 aromatic rings. The summed E-state index contributed by atoms with van der Waals surface area (Å²) in [6, 6.07) is 0.492. The van der Waals surface area contributed by atoms with Crippen molar-refractivity contribution in [2.45, 2.75) is 70.8 Å². The molecule has 1 N–H and O–H groups in total. The fourth-order valence-electron chi connectivity index (χ4n) is 3.48. The van der Waals surface area contributed by atoms with Crippen LogP contribution >= 0.6 is 0 Å². The molecule has 110 valence electrons. The maximum absolute atomic E-state index is 12.1. The number of rotatable bonds is 4. The highest BCUT2D eigenvalue weighted by Crippen LogP contribution is 2.25. The Morgan fingerprint density at radius 1 is 1.05 bits per heavy atom. The molecule has 0 radical (unpaired) electrons. The molecule has 1 saturated heterocycles. The molecule has 0 aromatic heterocycles. The van der Waals surface area contributed by atoms with Crippen molar-refractivity contribution in [3.05, 3.63) is 0 Å². The third-order valence-corrected chi connectivity index (χ3v) is 4.89. The van der Waals surface area contributed by atoms with E-state index in [-0.39, 0.29) is 0 Å². The number of nitrogens with zero attached hydrogens (tertiary/aromatic N) is 1. The van der Waals surface area contributed by atoms with Gasteiger partial charge in [0.15, 0.2) is 0 Å². The first-order chi connectivity index (χ1) is 9.27. The fraction of sp³-hybridized carbons (Fsp3) is 0.938. The Hall–Kier alpha value is -0.570. The van der Waals surface area contributed by atoms with E-state index in [0.29, 0.717) is 18.5 Å². The van der Waals surface area contributed by atoms with Gasteiger partial charge in [-0.3, -0.25) is 4.79 Å². The van der Waals surface area contributed by atoms with Crippen molar-refractivity contribution < 1.29 is 4.79 Å². The Kier molecular flexibility index (Phi) is 6.15. The number of carbonyl (C=O) groups is 1. The molecule has 0 aromatic carbocycles. The average Bonchev–Trinajstić information content (AvgIpc) is 2.74. The van der Waals surface area contributed by atoms with Crippen molar-refractivity contribution in [2.24, 2.45) is 5.92 Å². The second-order valence-corrected chi connectivity index (χ2v) is 6.36. The van der Waals surface area contributed by atoms with Gasteiger partial charge in [-0.2, -0.15) is 0 Å². The maximum Gasteiger partial charge on any atom is 0.236 e. The van der Waals surface area contributed by atoms with Crippen molar-refractivity contribution in [3.8, 4) is 0 Å². The zero-order chi connectivity index (χ0) is 13.5. The van der Waals surface area contributed by atoms with Crippen LogP contribution in [0.25, 0.3) is 0 Å². The van der Waals surface area contributed by atoms with Crippen LogP contribution in [0.5, 0.6) is 0 Å². The lowest BCUT2D eigenvalue weighted by atomic mass is 9.93. The second kappa shape index (κ2) is 7.88. The number of carbonyl (C=O) groups excluding carboxylic acids is 1. The predicted molar refractivity (Wildman–Crippen MR) is 79.1 cm³/mol. The standard InChI is InChI=1S/C16H30N2O/c1-14(15-9-5-2-3-6-10-15)17-13-16(19)18-11-7-4-8-12-18/h14-15,17H,2-13H2,1H3/t14-/m0/s1. The summed E-state index contributed by atoms with van der Waals surface area (Å²) in [6.07, 6.45) is 11.9. The van der Waals surface area contributed by atoms with Crippen LogP contribution in [0.3, 0.4) is 0 Å². The van der Waals surface area contributed by atoms with Gasteiger partial charge in [0.05, 0.1) is 6.54 Å². The highest BCUT2D eigenvalue weighted by molar-refractivity contribution is 5.78. The summed E-state index contributed by atoms with van der Waals surface area (Å²) in [5, 5.41) is 3.49. The van der Waals surface area contributed by atoms with Gasteiger partial charge in [-0.25, -0.2) is 0 Å². The van der Waals surface area contributed by atoms with E-state index in [9.17, 15) is 4.79 Å². The maximum atomic E-state index is 12.1. The number of nitrogens with one attached hydrogen (secondary N) is 1. The minimum atomic E-state index is 0.306. The fourth-order valence-corrected chi connectivity index (χ4v) is 3.48. The summed E-state index contributed by atoms with van der Waals surface area (Å²) in [5.74, 6) is 1.08. The monoisotopic (exact) mass is 266 g/mol. The lowest BCUT2D eigenvalue weighted by Crippen LogP contribution is -2.44. The van der Waals surface area contributed by atoms with Crippen LogP contribution in [0.1, 0.15) is 64.7 Å². The van der Waals surface area contributed by atoms with Gasteiger partial charge < -0.3 is 10.2 Å². The summed E-state index contributed by atoms with van der Waals surface area (Å²) >= 11 is 0. The van der Waals surface area contributed by atoms with Crippen LogP contribution < -0.4 is 5.32 Å². The van der Waals surface area contributed by atoms with Gasteiger partial charge >= 0.3 is 0 Å². The molecule has 2 aliphatic rings. The molecular weight excluding hydrogens is 236 g/mol. The topological polar surface area (TPSA) is 32.3 Å². The van der Waals surface area contributed by atoms with E-state index in [1.807, 2.05) is 4.90 Å². The highest BCUT2D eigenvalue weighted by Gasteiger charge is 2.21. The van der Waals surface area contributed by atoms with E-state index in [0.717, 1.165) is 19.0 Å². The minimum Gasteiger partial charge on any atom is -0.342 e. The van der Waals surface area contributed by atoms with Crippen LogP contribution in [-0.2, 0) is 4.79 Å². The normalized spacial score (nSPS) is 23.9. The Morgan fingerprint density at radius 2 is 1.63 bits per heavy atom. The molecule has 1 amide bonds. The number of piperidine rings is 1. The Balaban J connectivity index is 1.69. The molecule has 2 rings (SSSR count). The summed E-state index contributed by atoms with van der Waals surface area (Å²) in [6.45, 7) is 4.74. The largest absolute Gasteiger partial charge is 0.342 e. The molecule has 1 aliphatic heterocycles. The molecule has 1 heterocycles. The van der Waals surface area contributed by atoms with Crippen LogP contribution in [0, 0.1) is 5.92 Å². The van der Waals surface area contributed by atoms with Crippen LogP contribution in [0.4, 0.5) is 0 Å². The lowest BCUT2D eigenvalue weighted by molar-refractivity contribution is -0.131. The summed E-state index contributed by atoms with van der Waals surface area (Å²) < 4.78 is 0. The van der Waals surface area contributed by atoms with E-state index in [2.05, 4.69) is 12.2 Å². The number of amides is 1. The number of likely N-dealkylation sites (tertiary alicyclic amines) is 1. The van der Waals surface area contributed by atoms with Gasteiger partial charge in [-0.05, 0) is 44.9 Å². The summed E-state index contributed by atoms with van der Waals surface area (Å²) in [4.78, 5) is 14.2. The highest BCUT2D eigenvalue weighted by atomic mass is 16.2. The first-order valence-corrected chi connectivity index (χ1v) is 8.28. The molecule has 1 saturated carbocycles. The Labute approximate surface area is 118 Å². The van der Waals surface area contributed by atoms with Gasteiger partial charge in [0.1, 0.15) is 0 Å². The Morgan fingerprint density at radius 3 is 2.26 bits per heavy atom. The van der Waals surface area contributed by atoms with Gasteiger partial charge in [-0.1, -0.05) is 25.7 Å². The molecule has 0 spiro atoms. The first kappa shape index (κ1) is 14.8. The third-order valence-electron chi connectivity index (χ3n) is 4.89. The third kappa shape index (κ3) is 4.79. The summed E-state index contributed by atoms with van der Waals surface area (Å²) in [5.41, 5.74) is 0.